The molecular weight excluding hydrogens is 142 g/mol. The van der Waals surface area contributed by atoms with Crippen molar-refractivity contribution in [3.8, 4) is 0 Å². The Morgan fingerprint density at radius 3 is 2.40 bits per heavy atom. The van der Waals surface area contributed by atoms with Crippen LogP contribution in [-0.2, 0) is 4.53 Å². The Balaban J connectivity index is 2.16. The highest BCUT2D eigenvalue weighted by Gasteiger charge is 2.16. The molecule has 10 heavy (non-hydrogen) atoms. The van der Waals surface area contributed by atoms with Gasteiger partial charge in [-0.3, -0.25) is 5.48 Å². The van der Waals surface area contributed by atoms with Gasteiger partial charge in [-0.05, 0) is 32.5 Å². The van der Waals surface area contributed by atoms with Gasteiger partial charge >= 0.3 is 0 Å². The Morgan fingerprint density at radius 2 is 2.10 bits per heavy atom. The molecular formula is C7H15NOSi. The van der Waals surface area contributed by atoms with Crippen molar-refractivity contribution in [3.63, 3.8) is 0 Å². The van der Waals surface area contributed by atoms with Gasteiger partial charge in [0.2, 0.25) is 8.32 Å². The second kappa shape index (κ2) is 2.76. The third-order valence-electron chi connectivity index (χ3n) is 1.29. The van der Waals surface area contributed by atoms with E-state index in [9.17, 15) is 0 Å². The van der Waals surface area contributed by atoms with E-state index >= 15 is 0 Å². The first-order chi connectivity index (χ1) is 4.58. The van der Waals surface area contributed by atoms with Crippen molar-refractivity contribution in [2.45, 2.75) is 32.5 Å². The van der Waals surface area contributed by atoms with Crippen molar-refractivity contribution in [1.82, 2.24) is 5.48 Å². The molecule has 0 aromatic rings. The third kappa shape index (κ3) is 2.54. The normalized spacial score (nSPS) is 17.7. The van der Waals surface area contributed by atoms with Crippen molar-refractivity contribution in [3.05, 3.63) is 11.8 Å². The second-order valence-electron chi connectivity index (χ2n) is 3.58. The molecule has 0 saturated heterocycles. The summed E-state index contributed by atoms with van der Waals surface area (Å²) in [4.78, 5) is 0. The highest BCUT2D eigenvalue weighted by Crippen LogP contribution is 2.15. The zero-order chi connectivity index (χ0) is 7.61. The molecule has 0 fully saturated rings. The third-order valence-corrected chi connectivity index (χ3v) is 2.01. The standard InChI is InChI=1S/C7H15NOSi/c1-10(2,3)9-8-7-5-4-6-7/h5,8H,4,6H2,1-3H3. The molecule has 3 heteroatoms. The molecule has 0 spiro atoms. The fourth-order valence-corrected chi connectivity index (χ4v) is 1.04. The zero-order valence-corrected chi connectivity index (χ0v) is 7.90. The molecule has 1 aliphatic carbocycles. The lowest BCUT2D eigenvalue weighted by molar-refractivity contribution is 0.211. The average molecular weight is 157 g/mol. The summed E-state index contributed by atoms with van der Waals surface area (Å²) in [5, 5.41) is 0. The molecule has 0 atom stereocenters. The minimum Gasteiger partial charge on any atom is -0.323 e. The van der Waals surface area contributed by atoms with Gasteiger partial charge in [-0.25, -0.2) is 0 Å². The van der Waals surface area contributed by atoms with Gasteiger partial charge in [0.1, 0.15) is 0 Å². The Hall–Kier alpha value is -0.283. The van der Waals surface area contributed by atoms with Gasteiger partial charge in [0.25, 0.3) is 0 Å². The largest absolute Gasteiger partial charge is 0.323 e. The topological polar surface area (TPSA) is 21.3 Å². The average Bonchev–Trinajstić information content (AvgIpc) is 1.56. The SMILES string of the molecule is C[Si](C)(C)ONC1=CCC1. The highest BCUT2D eigenvalue weighted by molar-refractivity contribution is 6.69. The van der Waals surface area contributed by atoms with Crippen LogP contribution in [0.5, 0.6) is 0 Å². The molecule has 0 bridgehead atoms. The lowest BCUT2D eigenvalue weighted by atomic mass is 10.1. The lowest BCUT2D eigenvalue weighted by Crippen LogP contribution is -2.34. The summed E-state index contributed by atoms with van der Waals surface area (Å²) in [6, 6.07) is 0. The van der Waals surface area contributed by atoms with Crippen LogP contribution in [0.1, 0.15) is 12.8 Å². The Labute approximate surface area is 63.4 Å². The number of hydrogen-bond donors (Lipinski definition) is 1. The number of nitrogens with one attached hydrogen (secondary N) is 1. The van der Waals surface area contributed by atoms with Crippen LogP contribution in [0.3, 0.4) is 0 Å². The maximum Gasteiger partial charge on any atom is 0.220 e. The molecule has 1 N–H and O–H groups in total. The second-order valence-corrected chi connectivity index (χ2v) is 8.01. The van der Waals surface area contributed by atoms with E-state index in [0.717, 1.165) is 6.42 Å². The van der Waals surface area contributed by atoms with Crippen LogP contribution in [0, 0.1) is 0 Å². The molecule has 0 amide bonds. The van der Waals surface area contributed by atoms with Crippen LogP contribution in [0.4, 0.5) is 0 Å². The van der Waals surface area contributed by atoms with E-state index in [2.05, 4.69) is 31.2 Å². The van der Waals surface area contributed by atoms with Gasteiger partial charge in [0, 0.05) is 5.70 Å². The smallest absolute Gasteiger partial charge is 0.220 e. The Morgan fingerprint density at radius 1 is 1.50 bits per heavy atom. The van der Waals surface area contributed by atoms with Gasteiger partial charge in [-0.2, -0.15) is 0 Å². The molecule has 58 valence electrons. The molecule has 0 aromatic heterocycles. The van der Waals surface area contributed by atoms with Crippen molar-refractivity contribution in [2.24, 2.45) is 0 Å². The molecule has 0 heterocycles. The van der Waals surface area contributed by atoms with E-state index < -0.39 is 8.32 Å². The van der Waals surface area contributed by atoms with E-state index in [0.29, 0.717) is 0 Å². The van der Waals surface area contributed by atoms with E-state index in [4.69, 9.17) is 4.53 Å². The van der Waals surface area contributed by atoms with Crippen LogP contribution in [0.2, 0.25) is 19.6 Å². The summed E-state index contributed by atoms with van der Waals surface area (Å²) in [7, 11) is -1.35. The van der Waals surface area contributed by atoms with Gasteiger partial charge in [-0.1, -0.05) is 6.08 Å². The van der Waals surface area contributed by atoms with Crippen LogP contribution in [-0.4, -0.2) is 8.32 Å². The van der Waals surface area contributed by atoms with E-state index in [1.807, 2.05) is 0 Å². The summed E-state index contributed by atoms with van der Waals surface area (Å²) in [6.07, 6.45) is 4.53. The lowest BCUT2D eigenvalue weighted by Gasteiger charge is -2.22. The number of allylic oxidation sites excluding steroid dienone is 2. The maximum absolute atomic E-state index is 5.45. The van der Waals surface area contributed by atoms with Crippen LogP contribution < -0.4 is 5.48 Å². The summed E-state index contributed by atoms with van der Waals surface area (Å²) in [5.41, 5.74) is 4.23. The fourth-order valence-electron chi connectivity index (χ4n) is 0.600. The minimum absolute atomic E-state index is 1.16. The summed E-state index contributed by atoms with van der Waals surface area (Å²) < 4.78 is 5.45. The summed E-state index contributed by atoms with van der Waals surface area (Å²) in [5.74, 6) is 0. The first kappa shape index (κ1) is 7.82. The molecule has 0 radical (unpaired) electrons. The van der Waals surface area contributed by atoms with Gasteiger partial charge in [0.15, 0.2) is 0 Å². The minimum atomic E-state index is -1.35. The van der Waals surface area contributed by atoms with Crippen LogP contribution in [0.15, 0.2) is 11.8 Å². The van der Waals surface area contributed by atoms with E-state index in [1.165, 1.54) is 12.1 Å². The first-order valence-corrected chi connectivity index (χ1v) is 7.12. The number of rotatable bonds is 3. The van der Waals surface area contributed by atoms with Crippen molar-refractivity contribution < 1.29 is 4.53 Å². The van der Waals surface area contributed by atoms with E-state index in [-0.39, 0.29) is 0 Å². The van der Waals surface area contributed by atoms with Crippen molar-refractivity contribution in [2.75, 3.05) is 0 Å². The van der Waals surface area contributed by atoms with Crippen molar-refractivity contribution >= 4 is 8.32 Å². The highest BCUT2D eigenvalue weighted by atomic mass is 28.4. The molecule has 0 aliphatic heterocycles. The molecule has 0 saturated carbocycles. The zero-order valence-electron chi connectivity index (χ0n) is 6.90. The first-order valence-electron chi connectivity index (χ1n) is 3.71. The predicted octanol–water partition coefficient (Wildman–Crippen LogP) is 2.02. The van der Waals surface area contributed by atoms with E-state index in [1.54, 1.807) is 0 Å². The fraction of sp³-hybridized carbons (Fsp3) is 0.714. The molecule has 1 rings (SSSR count). The number of hydrogen-bond acceptors (Lipinski definition) is 2. The Kier molecular flexibility index (Phi) is 2.16. The summed E-state index contributed by atoms with van der Waals surface area (Å²) in [6.45, 7) is 6.50. The Bertz CT molecular complexity index is 148. The molecule has 0 aromatic carbocycles. The maximum atomic E-state index is 5.45. The summed E-state index contributed by atoms with van der Waals surface area (Å²) >= 11 is 0. The quantitative estimate of drug-likeness (QED) is 0.500. The van der Waals surface area contributed by atoms with Crippen molar-refractivity contribution in [1.29, 1.82) is 0 Å². The van der Waals surface area contributed by atoms with Gasteiger partial charge in [-0.15, -0.1) is 0 Å². The monoisotopic (exact) mass is 157 g/mol. The van der Waals surface area contributed by atoms with Gasteiger partial charge in [0.05, 0.1) is 0 Å². The number of hydroxylamine groups is 1. The van der Waals surface area contributed by atoms with Crippen LogP contribution in [0.25, 0.3) is 0 Å². The van der Waals surface area contributed by atoms with Gasteiger partial charge < -0.3 is 4.53 Å². The van der Waals surface area contributed by atoms with Crippen LogP contribution >= 0.6 is 0 Å². The predicted molar refractivity (Wildman–Crippen MR) is 44.9 cm³/mol. The molecule has 0 unspecified atom stereocenters. The molecule has 1 aliphatic rings. The molecule has 2 nitrogen and oxygen atoms in total.